The molecule has 11 heteroatoms. The minimum absolute atomic E-state index is 0.0622. The molecule has 1 saturated carbocycles. The molecule has 0 spiro atoms. The van der Waals surface area contributed by atoms with Crippen molar-refractivity contribution >= 4 is 63.8 Å². The van der Waals surface area contributed by atoms with E-state index in [1.807, 2.05) is 6.07 Å². The number of rotatable bonds is 5. The predicted octanol–water partition coefficient (Wildman–Crippen LogP) is 6.38. The van der Waals surface area contributed by atoms with Crippen molar-refractivity contribution in [3.8, 4) is 17.7 Å². The third kappa shape index (κ3) is 4.22. The summed E-state index contributed by atoms with van der Waals surface area (Å²) >= 11 is 30.2. The summed E-state index contributed by atoms with van der Waals surface area (Å²) < 4.78 is 6.58. The third-order valence-corrected chi connectivity index (χ3v) is 7.47. The zero-order valence-electron chi connectivity index (χ0n) is 16.1. The van der Waals surface area contributed by atoms with Gasteiger partial charge in [-0.25, -0.2) is 0 Å². The smallest absolute Gasteiger partial charge is 0.271 e. The largest absolute Gasteiger partial charge is 0.494 e. The van der Waals surface area contributed by atoms with Gasteiger partial charge >= 0.3 is 0 Å². The van der Waals surface area contributed by atoms with Crippen LogP contribution < -0.4 is 10.3 Å². The average Bonchev–Trinajstić information content (AvgIpc) is 3.25. The van der Waals surface area contributed by atoms with Gasteiger partial charge in [0.15, 0.2) is 12.4 Å². The van der Waals surface area contributed by atoms with E-state index >= 15 is 0 Å². The molecule has 0 bridgehead atoms. The lowest BCUT2D eigenvalue weighted by molar-refractivity contribution is 0.0916. The van der Waals surface area contributed by atoms with E-state index in [0.29, 0.717) is 12.8 Å². The van der Waals surface area contributed by atoms with Crippen molar-refractivity contribution in [3.63, 3.8) is 0 Å². The number of nitriles is 1. The van der Waals surface area contributed by atoms with Crippen molar-refractivity contribution in [2.45, 2.75) is 38.6 Å². The number of Topliss-reactive ketones (excluding diaryl/α,β-unsaturated/α-hetero) is 1. The molecular formula is C20H15Cl5N2O4. The van der Waals surface area contributed by atoms with Crippen LogP contribution in [0.25, 0.3) is 0 Å². The second-order valence-electron chi connectivity index (χ2n) is 7.03. The van der Waals surface area contributed by atoms with Gasteiger partial charge in [0, 0.05) is 6.04 Å². The van der Waals surface area contributed by atoms with Crippen molar-refractivity contribution in [1.29, 1.82) is 5.26 Å². The van der Waals surface area contributed by atoms with Gasteiger partial charge in [-0.3, -0.25) is 14.2 Å². The quantitative estimate of drug-likeness (QED) is 0.278. The van der Waals surface area contributed by atoms with E-state index < -0.39 is 23.8 Å². The maximum Gasteiger partial charge on any atom is 0.271 e. The molecule has 0 amide bonds. The highest BCUT2D eigenvalue weighted by Crippen LogP contribution is 2.48. The van der Waals surface area contributed by atoms with Gasteiger partial charge in [0.05, 0.1) is 20.6 Å². The number of hydrogen-bond donors (Lipinski definition) is 1. The number of halogens is 5. The summed E-state index contributed by atoms with van der Waals surface area (Å²) in [6, 6.07) is 1.55. The highest BCUT2D eigenvalue weighted by atomic mass is 35.5. The molecule has 1 N–H and O–H groups in total. The predicted molar refractivity (Wildman–Crippen MR) is 121 cm³/mol. The van der Waals surface area contributed by atoms with Crippen LogP contribution in [0.4, 0.5) is 0 Å². The Hall–Kier alpha value is -1.62. The lowest BCUT2D eigenvalue weighted by Gasteiger charge is -2.20. The van der Waals surface area contributed by atoms with Gasteiger partial charge in [0.2, 0.25) is 11.7 Å². The lowest BCUT2D eigenvalue weighted by atomic mass is 10.0. The van der Waals surface area contributed by atoms with E-state index in [4.69, 9.17) is 62.7 Å². The zero-order chi connectivity index (χ0) is 23.0. The van der Waals surface area contributed by atoms with Gasteiger partial charge in [-0.05, 0) is 25.3 Å². The molecule has 1 aromatic heterocycles. The number of nitrogens with zero attached hydrogens (tertiary/aromatic N) is 2. The number of aromatic nitrogens is 1. The molecule has 3 rings (SSSR count). The molecule has 1 aliphatic carbocycles. The number of hydrogen-bond acceptors (Lipinski definition) is 5. The van der Waals surface area contributed by atoms with Gasteiger partial charge in [-0.15, -0.1) is 0 Å². The van der Waals surface area contributed by atoms with Gasteiger partial charge in [-0.2, -0.15) is 5.26 Å². The summed E-state index contributed by atoms with van der Waals surface area (Å²) in [5, 5.41) is 19.7. The first kappa shape index (κ1) is 24.0. The van der Waals surface area contributed by atoms with E-state index in [1.165, 1.54) is 6.92 Å². The lowest BCUT2D eigenvalue weighted by Crippen LogP contribution is -2.29. The van der Waals surface area contributed by atoms with Crippen LogP contribution in [-0.2, 0) is 0 Å². The fraction of sp³-hybridized carbons (Fsp3) is 0.350. The van der Waals surface area contributed by atoms with Gasteiger partial charge in [-0.1, -0.05) is 70.8 Å². The summed E-state index contributed by atoms with van der Waals surface area (Å²) in [4.78, 5) is 25.7. The van der Waals surface area contributed by atoms with Crippen LogP contribution in [-0.4, -0.2) is 22.1 Å². The monoisotopic (exact) mass is 522 g/mol. The second kappa shape index (κ2) is 9.48. The van der Waals surface area contributed by atoms with Crippen molar-refractivity contribution in [3.05, 3.63) is 52.2 Å². The molecule has 0 radical (unpaired) electrons. The van der Waals surface area contributed by atoms with Gasteiger partial charge in [0.25, 0.3) is 5.56 Å². The molecule has 0 atom stereocenters. The number of carbonyl (C=O) groups excluding carboxylic acids is 1. The number of ketones is 1. The zero-order valence-corrected chi connectivity index (χ0v) is 19.8. The van der Waals surface area contributed by atoms with E-state index in [0.717, 1.165) is 17.4 Å². The number of ether oxygens (including phenoxy) is 1. The first-order chi connectivity index (χ1) is 14.6. The van der Waals surface area contributed by atoms with Crippen LogP contribution >= 0.6 is 58.0 Å². The Bertz CT molecular complexity index is 1150. The molecular weight excluding hydrogens is 509 g/mol. The molecule has 0 unspecified atom stereocenters. The Morgan fingerprint density at radius 3 is 2.13 bits per heavy atom. The van der Waals surface area contributed by atoms with Crippen molar-refractivity contribution < 1.29 is 14.6 Å². The van der Waals surface area contributed by atoms with E-state index in [9.17, 15) is 20.0 Å². The number of pyridine rings is 1. The fourth-order valence-electron chi connectivity index (χ4n) is 3.68. The second-order valence-corrected chi connectivity index (χ2v) is 8.92. The Labute approximate surface area is 202 Å². The van der Waals surface area contributed by atoms with Crippen molar-refractivity contribution in [2.24, 2.45) is 0 Å². The molecule has 6 nitrogen and oxygen atoms in total. The Morgan fingerprint density at radius 1 is 1.10 bits per heavy atom. The van der Waals surface area contributed by atoms with Crippen LogP contribution in [0.1, 0.15) is 53.2 Å². The number of carbonyl (C=O) groups is 1. The SMILES string of the molecule is Cc1c(C(=O)COc2c(Cl)c(Cl)c(Cl)c(Cl)c2Cl)c(O)n(C2CCCC2)c(=O)c1C#N. The highest BCUT2D eigenvalue weighted by Gasteiger charge is 2.29. The number of benzene rings is 1. The maximum atomic E-state index is 13.0. The molecule has 1 aliphatic rings. The molecule has 1 heterocycles. The standard InChI is InChI=1S/C20H15Cl5N2O4/c1-8-10(6-26)19(29)27(9-4-2-3-5-9)20(30)12(8)11(28)7-31-18-16(24)14(22)13(21)15(23)17(18)25/h9,30H,2-5,7H2,1H3. The Kier molecular flexibility index (Phi) is 7.35. The van der Waals surface area contributed by atoms with E-state index in [-0.39, 0.29) is 53.6 Å². The summed E-state index contributed by atoms with van der Waals surface area (Å²) in [5.74, 6) is -1.34. The van der Waals surface area contributed by atoms with Crippen molar-refractivity contribution in [2.75, 3.05) is 6.61 Å². The maximum absolute atomic E-state index is 13.0. The minimum Gasteiger partial charge on any atom is -0.494 e. The Balaban J connectivity index is 2.03. The summed E-state index contributed by atoms with van der Waals surface area (Å²) in [6.07, 6.45) is 3.10. The molecule has 0 saturated heterocycles. The average molecular weight is 525 g/mol. The van der Waals surface area contributed by atoms with Gasteiger partial charge < -0.3 is 9.84 Å². The molecule has 0 aliphatic heterocycles. The highest BCUT2D eigenvalue weighted by molar-refractivity contribution is 6.55. The molecule has 1 fully saturated rings. The van der Waals surface area contributed by atoms with E-state index in [1.54, 1.807) is 0 Å². The van der Waals surface area contributed by atoms with Crippen LogP contribution in [0.3, 0.4) is 0 Å². The van der Waals surface area contributed by atoms with Gasteiger partial charge in [0.1, 0.15) is 21.7 Å². The van der Waals surface area contributed by atoms with Crippen molar-refractivity contribution in [1.82, 2.24) is 4.57 Å². The minimum atomic E-state index is -0.687. The summed E-state index contributed by atoms with van der Waals surface area (Å²) in [7, 11) is 0. The third-order valence-electron chi connectivity index (χ3n) is 5.23. The van der Waals surface area contributed by atoms with Crippen LogP contribution in [0.5, 0.6) is 11.6 Å². The molecule has 31 heavy (non-hydrogen) atoms. The normalized spacial score (nSPS) is 14.0. The first-order valence-corrected chi connectivity index (χ1v) is 11.1. The topological polar surface area (TPSA) is 92.3 Å². The molecule has 164 valence electrons. The summed E-state index contributed by atoms with van der Waals surface area (Å²) in [6.45, 7) is 0.803. The summed E-state index contributed by atoms with van der Waals surface area (Å²) in [5.41, 5.74) is -0.940. The number of aromatic hydroxyl groups is 1. The van der Waals surface area contributed by atoms with Crippen LogP contribution in [0.2, 0.25) is 25.1 Å². The molecule has 1 aromatic carbocycles. The van der Waals surface area contributed by atoms with E-state index in [2.05, 4.69) is 0 Å². The fourth-order valence-corrected chi connectivity index (χ4v) is 4.91. The van der Waals surface area contributed by atoms with Crippen LogP contribution in [0.15, 0.2) is 4.79 Å². The van der Waals surface area contributed by atoms with Crippen LogP contribution in [0, 0.1) is 18.3 Å². The Morgan fingerprint density at radius 2 is 1.61 bits per heavy atom. The first-order valence-electron chi connectivity index (χ1n) is 9.17. The molecule has 2 aromatic rings.